The lowest BCUT2D eigenvalue weighted by Gasteiger charge is -2.18. The van der Waals surface area contributed by atoms with Crippen molar-refractivity contribution in [3.8, 4) is 0 Å². The molecule has 4 heteroatoms. The Bertz CT molecular complexity index is 213. The third-order valence-corrected chi connectivity index (χ3v) is 2.29. The van der Waals surface area contributed by atoms with Crippen LogP contribution in [0.1, 0.15) is 32.6 Å². The molecule has 74 valence electrons. The Labute approximate surface area is 78.8 Å². The summed E-state index contributed by atoms with van der Waals surface area (Å²) in [5, 5.41) is 6.52. The quantitative estimate of drug-likeness (QED) is 0.594. The van der Waals surface area contributed by atoms with Gasteiger partial charge in [0.2, 0.25) is 0 Å². The Morgan fingerprint density at radius 1 is 1.62 bits per heavy atom. The van der Waals surface area contributed by atoms with E-state index in [1.54, 1.807) is 7.05 Å². The zero-order valence-corrected chi connectivity index (χ0v) is 8.26. The zero-order valence-electron chi connectivity index (χ0n) is 8.26. The highest BCUT2D eigenvalue weighted by Gasteiger charge is 2.13. The van der Waals surface area contributed by atoms with Crippen LogP contribution in [0.25, 0.3) is 0 Å². The summed E-state index contributed by atoms with van der Waals surface area (Å²) in [4.78, 5) is 10.8. The van der Waals surface area contributed by atoms with Gasteiger partial charge < -0.3 is 5.32 Å². The van der Waals surface area contributed by atoms with Crippen LogP contribution < -0.4 is 10.7 Å². The Morgan fingerprint density at radius 2 is 2.38 bits per heavy atom. The molecule has 0 aromatic rings. The maximum atomic E-state index is 10.8. The molecule has 2 amide bonds. The van der Waals surface area contributed by atoms with E-state index in [4.69, 9.17) is 0 Å². The first-order chi connectivity index (χ1) is 6.22. The summed E-state index contributed by atoms with van der Waals surface area (Å²) in [6, 6.07) is -0.245. The standard InChI is InChI=1S/C9H17N3O/c1-7-4-3-5-8(6-7)11-12-9(13)10-2/h7H,3-6H2,1-2H3,(H2,10,12,13)/b11-8-. The summed E-state index contributed by atoms with van der Waals surface area (Å²) in [6.07, 6.45) is 4.51. The van der Waals surface area contributed by atoms with Crippen molar-refractivity contribution in [3.63, 3.8) is 0 Å². The number of nitrogens with one attached hydrogen (secondary N) is 2. The second-order valence-electron chi connectivity index (χ2n) is 3.57. The molecule has 0 aliphatic heterocycles. The number of urea groups is 1. The van der Waals surface area contributed by atoms with E-state index in [0.29, 0.717) is 5.92 Å². The first-order valence-corrected chi connectivity index (χ1v) is 4.75. The molecule has 13 heavy (non-hydrogen) atoms. The number of amides is 2. The fourth-order valence-corrected chi connectivity index (χ4v) is 1.55. The predicted molar refractivity (Wildman–Crippen MR) is 52.7 cm³/mol. The monoisotopic (exact) mass is 183 g/mol. The van der Waals surface area contributed by atoms with E-state index in [1.165, 1.54) is 12.8 Å². The summed E-state index contributed by atoms with van der Waals surface area (Å²) in [5.74, 6) is 0.707. The Hall–Kier alpha value is -1.06. The third kappa shape index (κ3) is 3.44. The van der Waals surface area contributed by atoms with Crippen LogP contribution in [0.5, 0.6) is 0 Å². The Balaban J connectivity index is 2.37. The van der Waals surface area contributed by atoms with Crippen molar-refractivity contribution in [2.24, 2.45) is 11.0 Å². The molecule has 1 atom stereocenters. The molecule has 0 bridgehead atoms. The van der Waals surface area contributed by atoms with E-state index in [1.807, 2.05) is 0 Å². The Kier molecular flexibility index (Phi) is 3.73. The van der Waals surface area contributed by atoms with Gasteiger partial charge in [0.25, 0.3) is 0 Å². The van der Waals surface area contributed by atoms with E-state index < -0.39 is 0 Å². The number of rotatable bonds is 1. The summed E-state index contributed by atoms with van der Waals surface area (Å²) in [5.41, 5.74) is 3.57. The van der Waals surface area contributed by atoms with Gasteiger partial charge in [-0.1, -0.05) is 6.92 Å². The zero-order chi connectivity index (χ0) is 9.68. The smallest absolute Gasteiger partial charge is 0.334 e. The van der Waals surface area contributed by atoms with Gasteiger partial charge in [0.15, 0.2) is 0 Å². The molecule has 1 rings (SSSR count). The van der Waals surface area contributed by atoms with Gasteiger partial charge in [0.05, 0.1) is 0 Å². The number of carbonyl (C=O) groups is 1. The lowest BCUT2D eigenvalue weighted by molar-refractivity contribution is 0.243. The molecule has 1 saturated carbocycles. The van der Waals surface area contributed by atoms with Crippen molar-refractivity contribution >= 4 is 11.7 Å². The predicted octanol–water partition coefficient (Wildman–Crippen LogP) is 1.48. The van der Waals surface area contributed by atoms with E-state index in [-0.39, 0.29) is 6.03 Å². The van der Waals surface area contributed by atoms with Gasteiger partial charge in [-0.3, -0.25) is 0 Å². The molecular formula is C9H17N3O. The molecule has 1 aliphatic rings. The second-order valence-corrected chi connectivity index (χ2v) is 3.57. The maximum Gasteiger partial charge on any atom is 0.334 e. The van der Waals surface area contributed by atoms with Gasteiger partial charge in [0.1, 0.15) is 0 Å². The van der Waals surface area contributed by atoms with Crippen LogP contribution in [-0.2, 0) is 0 Å². The van der Waals surface area contributed by atoms with Crippen LogP contribution in [0, 0.1) is 5.92 Å². The van der Waals surface area contributed by atoms with E-state index in [0.717, 1.165) is 18.6 Å². The molecule has 4 nitrogen and oxygen atoms in total. The molecule has 0 aromatic carbocycles. The maximum absolute atomic E-state index is 10.8. The average molecular weight is 183 g/mol. The SMILES string of the molecule is CNC(=O)N/N=C1/CCCC(C)C1. The molecular weight excluding hydrogens is 166 g/mol. The first-order valence-electron chi connectivity index (χ1n) is 4.75. The van der Waals surface area contributed by atoms with E-state index in [9.17, 15) is 4.79 Å². The van der Waals surface area contributed by atoms with Crippen molar-refractivity contribution in [2.45, 2.75) is 32.6 Å². The molecule has 0 aromatic heterocycles. The first kappa shape index (κ1) is 10.0. The minimum Gasteiger partial charge on any atom is -0.340 e. The summed E-state index contributed by atoms with van der Waals surface area (Å²) in [7, 11) is 1.58. The summed E-state index contributed by atoms with van der Waals surface area (Å²) < 4.78 is 0. The normalized spacial score (nSPS) is 25.7. The minimum absolute atomic E-state index is 0.245. The molecule has 2 N–H and O–H groups in total. The Morgan fingerprint density at radius 3 is 3.00 bits per heavy atom. The van der Waals surface area contributed by atoms with Crippen LogP contribution in [0.3, 0.4) is 0 Å². The lowest BCUT2D eigenvalue weighted by atomic mass is 9.89. The molecule has 0 saturated heterocycles. The lowest BCUT2D eigenvalue weighted by Crippen LogP contribution is -2.30. The van der Waals surface area contributed by atoms with Crippen LogP contribution in [0.4, 0.5) is 4.79 Å². The van der Waals surface area contributed by atoms with E-state index >= 15 is 0 Å². The molecule has 1 aliphatic carbocycles. The highest BCUT2D eigenvalue weighted by atomic mass is 16.2. The van der Waals surface area contributed by atoms with Crippen molar-refractivity contribution < 1.29 is 4.79 Å². The number of carbonyl (C=O) groups excluding carboxylic acids is 1. The molecule has 0 heterocycles. The van der Waals surface area contributed by atoms with Crippen molar-refractivity contribution in [2.75, 3.05) is 7.05 Å². The van der Waals surface area contributed by atoms with Crippen molar-refractivity contribution in [1.29, 1.82) is 0 Å². The second kappa shape index (κ2) is 4.84. The largest absolute Gasteiger partial charge is 0.340 e. The fraction of sp³-hybridized carbons (Fsp3) is 0.778. The van der Waals surface area contributed by atoms with Gasteiger partial charge in [0, 0.05) is 12.8 Å². The van der Waals surface area contributed by atoms with Crippen molar-refractivity contribution in [3.05, 3.63) is 0 Å². The summed E-state index contributed by atoms with van der Waals surface area (Å²) >= 11 is 0. The van der Waals surface area contributed by atoms with Crippen LogP contribution in [0.2, 0.25) is 0 Å². The third-order valence-electron chi connectivity index (χ3n) is 2.29. The molecule has 0 radical (unpaired) electrons. The number of nitrogens with zero attached hydrogens (tertiary/aromatic N) is 1. The number of hydrogen-bond acceptors (Lipinski definition) is 2. The topological polar surface area (TPSA) is 53.5 Å². The fourth-order valence-electron chi connectivity index (χ4n) is 1.55. The van der Waals surface area contributed by atoms with Crippen LogP contribution >= 0.6 is 0 Å². The molecule has 1 unspecified atom stereocenters. The van der Waals surface area contributed by atoms with Crippen LogP contribution in [-0.4, -0.2) is 18.8 Å². The number of hydrogen-bond donors (Lipinski definition) is 2. The van der Waals surface area contributed by atoms with Gasteiger partial charge in [-0.2, -0.15) is 5.10 Å². The molecule has 1 fully saturated rings. The minimum atomic E-state index is -0.245. The van der Waals surface area contributed by atoms with Crippen molar-refractivity contribution in [1.82, 2.24) is 10.7 Å². The summed E-state index contributed by atoms with van der Waals surface area (Å²) in [6.45, 7) is 2.22. The van der Waals surface area contributed by atoms with Gasteiger partial charge in [-0.05, 0) is 31.6 Å². The van der Waals surface area contributed by atoms with E-state index in [2.05, 4.69) is 22.8 Å². The highest BCUT2D eigenvalue weighted by Crippen LogP contribution is 2.20. The number of hydrazone groups is 1. The highest BCUT2D eigenvalue weighted by molar-refractivity contribution is 5.86. The van der Waals surface area contributed by atoms with Gasteiger partial charge in [-0.15, -0.1) is 0 Å². The van der Waals surface area contributed by atoms with Crippen LogP contribution in [0.15, 0.2) is 5.10 Å². The van der Waals surface area contributed by atoms with Gasteiger partial charge in [-0.25, -0.2) is 10.2 Å². The van der Waals surface area contributed by atoms with Gasteiger partial charge >= 0.3 is 6.03 Å². The average Bonchev–Trinajstić information content (AvgIpc) is 2.14. The molecule has 0 spiro atoms.